The Kier molecular flexibility index (Phi) is 3.70. The van der Waals surface area contributed by atoms with Gasteiger partial charge in [0.15, 0.2) is 6.29 Å². The van der Waals surface area contributed by atoms with Crippen LogP contribution in [0.2, 0.25) is 0 Å². The highest BCUT2D eigenvalue weighted by molar-refractivity contribution is 5.99. The zero-order valence-corrected chi connectivity index (χ0v) is 11.7. The predicted molar refractivity (Wildman–Crippen MR) is 80.2 cm³/mol. The minimum atomic E-state index is -1.14. The SMILES string of the molecule is O=Cc1cn(CCC(=O)[O-])nc1-c1cccc2ccccc12. The van der Waals surface area contributed by atoms with Crippen molar-refractivity contribution in [2.75, 3.05) is 0 Å². The van der Waals surface area contributed by atoms with Gasteiger partial charge < -0.3 is 9.90 Å². The lowest BCUT2D eigenvalue weighted by molar-refractivity contribution is -0.306. The molecule has 1 aromatic heterocycles. The molecule has 0 amide bonds. The average Bonchev–Trinajstić information content (AvgIpc) is 2.95. The number of carboxylic acid groups (broad SMARTS) is 1. The van der Waals surface area contributed by atoms with E-state index < -0.39 is 5.97 Å². The molecular formula is C17H13N2O3-. The molecule has 110 valence electrons. The predicted octanol–water partition coefficient (Wildman–Crippen LogP) is 1.66. The van der Waals surface area contributed by atoms with Crippen molar-refractivity contribution < 1.29 is 14.7 Å². The van der Waals surface area contributed by atoms with Crippen LogP contribution in [0.4, 0.5) is 0 Å². The maximum absolute atomic E-state index is 11.3. The first-order chi connectivity index (χ1) is 10.7. The maximum atomic E-state index is 11.3. The summed E-state index contributed by atoms with van der Waals surface area (Å²) in [4.78, 5) is 21.9. The summed E-state index contributed by atoms with van der Waals surface area (Å²) in [5.41, 5.74) is 1.85. The van der Waals surface area contributed by atoms with E-state index in [2.05, 4.69) is 5.10 Å². The number of benzene rings is 2. The van der Waals surface area contributed by atoms with Crippen LogP contribution in [0.25, 0.3) is 22.0 Å². The molecule has 5 heteroatoms. The number of hydrogen-bond acceptors (Lipinski definition) is 4. The van der Waals surface area contributed by atoms with Crippen LogP contribution in [0, 0.1) is 0 Å². The van der Waals surface area contributed by atoms with E-state index in [0.717, 1.165) is 22.6 Å². The second-order valence-corrected chi connectivity index (χ2v) is 4.96. The number of aliphatic carboxylic acids is 1. The van der Waals surface area contributed by atoms with Gasteiger partial charge in [-0.25, -0.2) is 0 Å². The van der Waals surface area contributed by atoms with E-state index in [1.54, 1.807) is 6.20 Å². The van der Waals surface area contributed by atoms with Crippen molar-refractivity contribution >= 4 is 23.0 Å². The highest BCUT2D eigenvalue weighted by Crippen LogP contribution is 2.29. The Morgan fingerprint density at radius 3 is 2.73 bits per heavy atom. The molecule has 0 aliphatic rings. The average molecular weight is 293 g/mol. The number of carbonyl (C=O) groups is 2. The highest BCUT2D eigenvalue weighted by Gasteiger charge is 2.13. The lowest BCUT2D eigenvalue weighted by Gasteiger charge is -2.05. The van der Waals surface area contributed by atoms with Crippen LogP contribution in [0.5, 0.6) is 0 Å². The number of carbonyl (C=O) groups excluding carboxylic acids is 2. The number of aryl methyl sites for hydroxylation is 1. The fourth-order valence-corrected chi connectivity index (χ4v) is 2.48. The van der Waals surface area contributed by atoms with Gasteiger partial charge in [-0.05, 0) is 10.8 Å². The van der Waals surface area contributed by atoms with Crippen LogP contribution in [0.15, 0.2) is 48.7 Å². The first kappa shape index (κ1) is 14.0. The van der Waals surface area contributed by atoms with Gasteiger partial charge in [-0.15, -0.1) is 0 Å². The molecule has 2 aromatic carbocycles. The van der Waals surface area contributed by atoms with E-state index in [1.807, 2.05) is 42.5 Å². The number of hydrogen-bond donors (Lipinski definition) is 0. The fraction of sp³-hybridized carbons (Fsp3) is 0.118. The minimum Gasteiger partial charge on any atom is -0.550 e. The Balaban J connectivity index is 2.09. The van der Waals surface area contributed by atoms with Crippen LogP contribution in [0.1, 0.15) is 16.8 Å². The summed E-state index contributed by atoms with van der Waals surface area (Å²) >= 11 is 0. The number of rotatable bonds is 5. The normalized spacial score (nSPS) is 10.7. The quantitative estimate of drug-likeness (QED) is 0.670. The summed E-state index contributed by atoms with van der Waals surface area (Å²) in [6.07, 6.45) is 2.15. The lowest BCUT2D eigenvalue weighted by Crippen LogP contribution is -2.23. The third-order valence-electron chi connectivity index (χ3n) is 3.51. The molecule has 0 aliphatic carbocycles. The summed E-state index contributed by atoms with van der Waals surface area (Å²) < 4.78 is 1.47. The molecule has 1 heterocycles. The molecule has 0 fully saturated rings. The second kappa shape index (κ2) is 5.81. The molecule has 0 atom stereocenters. The number of carboxylic acids is 1. The molecule has 3 rings (SSSR count). The van der Waals surface area contributed by atoms with Gasteiger partial charge in [0.05, 0.1) is 5.56 Å². The molecular weight excluding hydrogens is 280 g/mol. The van der Waals surface area contributed by atoms with Crippen molar-refractivity contribution in [1.29, 1.82) is 0 Å². The van der Waals surface area contributed by atoms with Crippen molar-refractivity contribution in [3.63, 3.8) is 0 Å². The Morgan fingerprint density at radius 2 is 1.95 bits per heavy atom. The molecule has 3 aromatic rings. The van der Waals surface area contributed by atoms with Crippen molar-refractivity contribution in [2.24, 2.45) is 0 Å². The van der Waals surface area contributed by atoms with E-state index >= 15 is 0 Å². The van der Waals surface area contributed by atoms with Crippen LogP contribution in [-0.4, -0.2) is 22.0 Å². The molecule has 0 N–H and O–H groups in total. The van der Waals surface area contributed by atoms with Gasteiger partial charge in [0, 0.05) is 30.7 Å². The van der Waals surface area contributed by atoms with Crippen molar-refractivity contribution in [3.05, 3.63) is 54.2 Å². The Labute approximate surface area is 126 Å². The minimum absolute atomic E-state index is 0.144. The first-order valence-electron chi connectivity index (χ1n) is 6.89. The molecule has 0 bridgehead atoms. The number of aldehydes is 1. The smallest absolute Gasteiger partial charge is 0.153 e. The Hall–Kier alpha value is -2.95. The molecule has 5 nitrogen and oxygen atoms in total. The van der Waals surface area contributed by atoms with E-state index in [4.69, 9.17) is 0 Å². The van der Waals surface area contributed by atoms with Crippen LogP contribution in [-0.2, 0) is 11.3 Å². The van der Waals surface area contributed by atoms with Gasteiger partial charge in [-0.1, -0.05) is 42.5 Å². The highest BCUT2D eigenvalue weighted by atomic mass is 16.4. The van der Waals surface area contributed by atoms with Gasteiger partial charge in [-0.3, -0.25) is 9.48 Å². The van der Waals surface area contributed by atoms with Gasteiger partial charge in [0.1, 0.15) is 5.69 Å². The topological polar surface area (TPSA) is 75.0 Å². The van der Waals surface area contributed by atoms with Gasteiger partial charge in [-0.2, -0.15) is 5.10 Å². The Bertz CT molecular complexity index is 847. The van der Waals surface area contributed by atoms with Crippen molar-refractivity contribution in [2.45, 2.75) is 13.0 Å². The Morgan fingerprint density at radius 1 is 1.18 bits per heavy atom. The first-order valence-corrected chi connectivity index (χ1v) is 6.89. The number of nitrogens with zero attached hydrogens (tertiary/aromatic N) is 2. The monoisotopic (exact) mass is 293 g/mol. The van der Waals surface area contributed by atoms with E-state index in [9.17, 15) is 14.7 Å². The van der Waals surface area contributed by atoms with Crippen LogP contribution >= 0.6 is 0 Å². The van der Waals surface area contributed by atoms with Crippen LogP contribution < -0.4 is 5.11 Å². The zero-order chi connectivity index (χ0) is 15.5. The van der Waals surface area contributed by atoms with E-state index in [0.29, 0.717) is 11.3 Å². The summed E-state index contributed by atoms with van der Waals surface area (Å²) in [6.45, 7) is 0.175. The van der Waals surface area contributed by atoms with Gasteiger partial charge in [0.25, 0.3) is 0 Å². The third-order valence-corrected chi connectivity index (χ3v) is 3.51. The van der Waals surface area contributed by atoms with E-state index in [-0.39, 0.29) is 13.0 Å². The molecule has 0 aliphatic heterocycles. The molecule has 0 radical (unpaired) electrons. The van der Waals surface area contributed by atoms with Gasteiger partial charge in [0.2, 0.25) is 0 Å². The zero-order valence-electron chi connectivity index (χ0n) is 11.7. The lowest BCUT2D eigenvalue weighted by atomic mass is 10.0. The van der Waals surface area contributed by atoms with Crippen LogP contribution in [0.3, 0.4) is 0 Å². The number of fused-ring (bicyclic) bond motifs is 1. The summed E-state index contributed by atoms with van der Waals surface area (Å²) in [6, 6.07) is 13.6. The summed E-state index contributed by atoms with van der Waals surface area (Å²) in [5, 5.41) is 17.0. The largest absolute Gasteiger partial charge is 0.550 e. The molecule has 0 spiro atoms. The fourth-order valence-electron chi connectivity index (χ4n) is 2.48. The summed E-state index contributed by atoms with van der Waals surface area (Å²) in [5.74, 6) is -1.14. The second-order valence-electron chi connectivity index (χ2n) is 4.96. The standard InChI is InChI=1S/C17H14N2O3/c20-11-13-10-19(9-8-16(21)22)18-17(13)15-7-3-5-12-4-1-2-6-14(12)15/h1-7,10-11H,8-9H2,(H,21,22)/p-1. The number of aromatic nitrogens is 2. The van der Waals surface area contributed by atoms with Crippen molar-refractivity contribution in [1.82, 2.24) is 9.78 Å². The molecule has 0 unspecified atom stereocenters. The van der Waals surface area contributed by atoms with Gasteiger partial charge >= 0.3 is 0 Å². The summed E-state index contributed by atoms with van der Waals surface area (Å²) in [7, 11) is 0. The maximum Gasteiger partial charge on any atom is 0.153 e. The molecule has 22 heavy (non-hydrogen) atoms. The van der Waals surface area contributed by atoms with E-state index in [1.165, 1.54) is 4.68 Å². The molecule has 0 saturated heterocycles. The third kappa shape index (κ3) is 2.61. The molecule has 0 saturated carbocycles. The van der Waals surface area contributed by atoms with Crippen molar-refractivity contribution in [3.8, 4) is 11.3 Å².